The van der Waals surface area contributed by atoms with E-state index in [2.05, 4.69) is 0 Å². The van der Waals surface area contributed by atoms with Crippen molar-refractivity contribution in [1.82, 2.24) is 0 Å². The summed E-state index contributed by atoms with van der Waals surface area (Å²) in [5.41, 5.74) is 4.07. The molecule has 0 heterocycles. The number of hydroxylamine groups is 3. The minimum Gasteiger partial charge on any atom is -0.281 e. The summed E-state index contributed by atoms with van der Waals surface area (Å²) in [4.78, 5) is 35.5. The molecule has 0 spiro atoms. The van der Waals surface area contributed by atoms with Gasteiger partial charge in [0.2, 0.25) is 0 Å². The molecule has 51 heavy (non-hydrogen) atoms. The number of carbonyl (C=O) groups excluding carboxylic acids is 3. The van der Waals surface area contributed by atoms with Crippen LogP contribution in [-0.2, 0) is 4.79 Å². The van der Waals surface area contributed by atoms with Crippen LogP contribution in [0.15, 0.2) is 182 Å². The Bertz CT molecular complexity index is 1990. The van der Waals surface area contributed by atoms with Crippen molar-refractivity contribution >= 4 is 40.9 Å². The monoisotopic (exact) mass is 679 g/mol. The lowest BCUT2D eigenvalue weighted by Gasteiger charge is -2.16. The van der Waals surface area contributed by atoms with E-state index in [0.717, 1.165) is 11.1 Å². The van der Waals surface area contributed by atoms with Crippen molar-refractivity contribution in [3.05, 3.63) is 204 Å². The minimum absolute atomic E-state index is 0.431. The third-order valence-electron chi connectivity index (χ3n) is 7.20. The first-order chi connectivity index (χ1) is 24.8. The fraction of sp³-hybridized carbons (Fsp3) is 0.0238. The van der Waals surface area contributed by atoms with Crippen LogP contribution in [0.5, 0.6) is 0 Å². The molecule has 3 amide bonds. The molecule has 0 radical (unpaired) electrons. The molecular formula is C42H37N3O6. The smallest absolute Gasteiger partial charge is 0.281 e. The van der Waals surface area contributed by atoms with Crippen LogP contribution in [0.2, 0.25) is 0 Å². The first-order valence-electron chi connectivity index (χ1n) is 15.8. The van der Waals surface area contributed by atoms with Crippen LogP contribution in [0.3, 0.4) is 0 Å². The molecule has 0 atom stereocenters. The zero-order valence-electron chi connectivity index (χ0n) is 27.8. The van der Waals surface area contributed by atoms with Gasteiger partial charge in [0, 0.05) is 17.2 Å². The van der Waals surface area contributed by atoms with Gasteiger partial charge in [0.05, 0.1) is 17.1 Å². The molecule has 0 aliphatic heterocycles. The lowest BCUT2D eigenvalue weighted by molar-refractivity contribution is -0.118. The number of anilines is 3. The van der Waals surface area contributed by atoms with Crippen LogP contribution in [0.4, 0.5) is 17.1 Å². The third kappa shape index (κ3) is 11.2. The predicted molar refractivity (Wildman–Crippen MR) is 199 cm³/mol. The van der Waals surface area contributed by atoms with E-state index in [-0.39, 0.29) is 0 Å². The van der Waals surface area contributed by atoms with E-state index >= 15 is 0 Å². The number of amides is 3. The molecule has 0 bridgehead atoms. The van der Waals surface area contributed by atoms with Gasteiger partial charge in [0.25, 0.3) is 17.7 Å². The molecule has 0 saturated heterocycles. The maximum absolute atomic E-state index is 12.0. The lowest BCUT2D eigenvalue weighted by atomic mass is 10.1. The van der Waals surface area contributed by atoms with Crippen LogP contribution in [0.1, 0.15) is 31.8 Å². The molecule has 0 aliphatic rings. The summed E-state index contributed by atoms with van der Waals surface area (Å²) in [5, 5.41) is 31.3. The second kappa shape index (κ2) is 19.4. The number of nitrogens with zero attached hydrogens (tertiary/aromatic N) is 3. The van der Waals surface area contributed by atoms with Gasteiger partial charge in [-0.05, 0) is 78.7 Å². The van der Waals surface area contributed by atoms with Gasteiger partial charge in [-0.1, -0.05) is 121 Å². The Morgan fingerprint density at radius 3 is 1.29 bits per heavy atom. The van der Waals surface area contributed by atoms with Crippen LogP contribution in [-0.4, -0.2) is 33.3 Å². The largest absolute Gasteiger partial charge is 0.281 e. The number of carbonyl (C=O) groups is 3. The highest BCUT2D eigenvalue weighted by molar-refractivity contribution is 6.05. The van der Waals surface area contributed by atoms with E-state index in [4.69, 9.17) is 0 Å². The molecule has 0 unspecified atom stereocenters. The molecule has 6 rings (SSSR count). The molecule has 6 aromatic rings. The highest BCUT2D eigenvalue weighted by Crippen LogP contribution is 2.20. The van der Waals surface area contributed by atoms with Crippen LogP contribution < -0.4 is 15.2 Å². The average Bonchev–Trinajstić information content (AvgIpc) is 3.21. The topological polar surface area (TPSA) is 122 Å². The van der Waals surface area contributed by atoms with Crippen molar-refractivity contribution in [2.75, 3.05) is 15.2 Å². The molecular weight excluding hydrogens is 642 g/mol. The van der Waals surface area contributed by atoms with E-state index in [1.165, 1.54) is 6.08 Å². The minimum atomic E-state index is -0.481. The Hall–Kier alpha value is -6.65. The van der Waals surface area contributed by atoms with Crippen molar-refractivity contribution in [1.29, 1.82) is 0 Å². The summed E-state index contributed by atoms with van der Waals surface area (Å²) in [6.07, 6.45) is 3.00. The van der Waals surface area contributed by atoms with Gasteiger partial charge in [-0.2, -0.15) is 15.2 Å². The number of hydrogen-bond donors (Lipinski definition) is 3. The SMILES string of the molecule is Cc1ccccc1N(O)C(=O)c1ccccc1.O=C(/C=C/c1ccccc1)N(O)c1ccccc1.O=C(c1ccccc1)N(O)c1ccccc1. The van der Waals surface area contributed by atoms with E-state index in [0.29, 0.717) is 43.4 Å². The Morgan fingerprint density at radius 2 is 0.824 bits per heavy atom. The number of benzene rings is 6. The van der Waals surface area contributed by atoms with Gasteiger partial charge in [0.1, 0.15) is 0 Å². The molecule has 0 aromatic heterocycles. The summed E-state index contributed by atoms with van der Waals surface area (Å²) < 4.78 is 0. The van der Waals surface area contributed by atoms with E-state index in [9.17, 15) is 30.0 Å². The molecule has 0 saturated carbocycles. The van der Waals surface area contributed by atoms with Crippen LogP contribution >= 0.6 is 0 Å². The van der Waals surface area contributed by atoms with Crippen molar-refractivity contribution in [3.63, 3.8) is 0 Å². The zero-order valence-corrected chi connectivity index (χ0v) is 27.8. The molecule has 0 fully saturated rings. The molecule has 256 valence electrons. The molecule has 3 N–H and O–H groups in total. The van der Waals surface area contributed by atoms with E-state index < -0.39 is 17.7 Å². The maximum Gasteiger partial charge on any atom is 0.281 e. The number of para-hydroxylation sites is 3. The van der Waals surface area contributed by atoms with Crippen molar-refractivity contribution in [2.45, 2.75) is 6.92 Å². The Labute approximate surface area is 296 Å². The Morgan fingerprint density at radius 1 is 0.451 bits per heavy atom. The molecule has 9 heteroatoms. The fourth-order valence-corrected chi connectivity index (χ4v) is 4.50. The van der Waals surface area contributed by atoms with Gasteiger partial charge in [-0.3, -0.25) is 30.0 Å². The predicted octanol–water partition coefficient (Wildman–Crippen LogP) is 8.88. The number of hydrogen-bond acceptors (Lipinski definition) is 6. The Balaban J connectivity index is 0.000000172. The van der Waals surface area contributed by atoms with E-state index in [1.54, 1.807) is 115 Å². The quantitative estimate of drug-likeness (QED) is 0.0881. The highest BCUT2D eigenvalue weighted by atomic mass is 16.5. The summed E-state index contributed by atoms with van der Waals surface area (Å²) in [7, 11) is 0. The second-order valence-corrected chi connectivity index (χ2v) is 10.8. The summed E-state index contributed by atoms with van der Waals surface area (Å²) in [6, 6.07) is 51.3. The summed E-state index contributed by atoms with van der Waals surface area (Å²) in [6.45, 7) is 1.84. The molecule has 0 aliphatic carbocycles. The van der Waals surface area contributed by atoms with Crippen molar-refractivity contribution < 1.29 is 30.0 Å². The first-order valence-corrected chi connectivity index (χ1v) is 15.8. The summed E-state index contributed by atoms with van der Waals surface area (Å²) >= 11 is 0. The normalized spacial score (nSPS) is 10.1. The van der Waals surface area contributed by atoms with Gasteiger partial charge >= 0.3 is 0 Å². The van der Waals surface area contributed by atoms with E-state index in [1.807, 2.05) is 73.7 Å². The van der Waals surface area contributed by atoms with Gasteiger partial charge in [-0.25, -0.2) is 0 Å². The van der Waals surface area contributed by atoms with Gasteiger partial charge in [0.15, 0.2) is 0 Å². The number of rotatable bonds is 7. The maximum atomic E-state index is 12.0. The number of aryl methyl sites for hydroxylation is 1. The molecule has 6 aromatic carbocycles. The fourth-order valence-electron chi connectivity index (χ4n) is 4.50. The van der Waals surface area contributed by atoms with Crippen molar-refractivity contribution in [3.8, 4) is 0 Å². The molecule has 9 nitrogen and oxygen atoms in total. The highest BCUT2D eigenvalue weighted by Gasteiger charge is 2.17. The first kappa shape index (κ1) is 37.2. The van der Waals surface area contributed by atoms with Crippen LogP contribution in [0, 0.1) is 6.92 Å². The standard InChI is InChI=1S/C15H13NO2.C14H13NO2.C13H11NO2/c17-15(12-11-13-7-3-1-4-8-13)16(18)14-9-5-2-6-10-14;1-11-7-5-6-10-13(11)15(17)14(16)12-8-3-2-4-9-12;15-13(11-7-3-1-4-8-11)14(16)12-9-5-2-6-10-12/h1-12,18H;2-10,17H,1H3;1-10,16H/b12-11+;;. The average molecular weight is 680 g/mol. The second-order valence-electron chi connectivity index (χ2n) is 10.8. The third-order valence-corrected chi connectivity index (χ3v) is 7.20. The Kier molecular flexibility index (Phi) is 14.1. The lowest BCUT2D eigenvalue weighted by Crippen LogP contribution is -2.27. The van der Waals surface area contributed by atoms with Gasteiger partial charge in [-0.15, -0.1) is 0 Å². The zero-order chi connectivity index (χ0) is 36.4. The van der Waals surface area contributed by atoms with Crippen LogP contribution in [0.25, 0.3) is 6.08 Å². The van der Waals surface area contributed by atoms with Crippen molar-refractivity contribution in [2.24, 2.45) is 0 Å². The van der Waals surface area contributed by atoms with Gasteiger partial charge < -0.3 is 0 Å². The summed E-state index contributed by atoms with van der Waals surface area (Å²) in [5.74, 6) is -1.35.